The van der Waals surface area contributed by atoms with Crippen LogP contribution in [0.3, 0.4) is 0 Å². The molecule has 0 saturated carbocycles. The minimum Gasteiger partial charge on any atom is -0.444 e. The van der Waals surface area contributed by atoms with Crippen LogP contribution < -0.4 is 10.6 Å². The van der Waals surface area contributed by atoms with Crippen molar-refractivity contribution in [2.24, 2.45) is 5.92 Å². The standard InChI is InChI=1S/C28H39N3O4/c1-18(2)25-30-23(26(33)31(25)19(3)21-15-11-8-12-16-21)24(32)22(17-20-13-9-7-10-14-20)29-27(34)35-28(4,5)6/h7-16,18-19,22-25,30,32H,17H2,1-6H3,(H,29,34)/t19-,22?,23?,24+,25?/m0/s1. The number of carbonyl (C=O) groups is 2. The number of hydrogen-bond donors (Lipinski definition) is 3. The first-order chi connectivity index (χ1) is 16.5. The van der Waals surface area contributed by atoms with E-state index in [0.717, 1.165) is 11.1 Å². The number of alkyl carbamates (subject to hydrolysis) is 1. The summed E-state index contributed by atoms with van der Waals surface area (Å²) in [6, 6.07) is 17.7. The summed E-state index contributed by atoms with van der Waals surface area (Å²) >= 11 is 0. The number of rotatable bonds is 8. The number of carbonyl (C=O) groups excluding carboxylic acids is 2. The number of ether oxygens (including phenoxy) is 1. The van der Waals surface area contributed by atoms with Crippen molar-refractivity contribution in [3.05, 3.63) is 71.8 Å². The van der Waals surface area contributed by atoms with E-state index < -0.39 is 29.9 Å². The number of benzene rings is 2. The SMILES string of the molecule is CC(C)C1NC([C@H](O)C(Cc2ccccc2)NC(=O)OC(C)(C)C)C(=O)N1[C@@H](C)c1ccccc1. The normalized spacial score (nSPS) is 21.0. The number of nitrogens with one attached hydrogen (secondary N) is 2. The van der Waals surface area contributed by atoms with Gasteiger partial charge in [-0.25, -0.2) is 4.79 Å². The van der Waals surface area contributed by atoms with Crippen molar-refractivity contribution in [3.63, 3.8) is 0 Å². The number of nitrogens with zero attached hydrogens (tertiary/aromatic N) is 1. The van der Waals surface area contributed by atoms with Crippen molar-refractivity contribution in [3.8, 4) is 0 Å². The van der Waals surface area contributed by atoms with Crippen LogP contribution in [-0.4, -0.2) is 52.0 Å². The molecule has 3 rings (SSSR count). The topological polar surface area (TPSA) is 90.9 Å². The van der Waals surface area contributed by atoms with E-state index >= 15 is 0 Å². The summed E-state index contributed by atoms with van der Waals surface area (Å²) in [4.78, 5) is 28.2. The van der Waals surface area contributed by atoms with Gasteiger partial charge >= 0.3 is 6.09 Å². The highest BCUT2D eigenvalue weighted by atomic mass is 16.6. The third kappa shape index (κ3) is 6.83. The summed E-state index contributed by atoms with van der Waals surface area (Å²) in [5, 5.41) is 17.7. The maximum atomic E-state index is 13.7. The lowest BCUT2D eigenvalue weighted by atomic mass is 9.96. The van der Waals surface area contributed by atoms with E-state index in [-0.39, 0.29) is 24.0 Å². The summed E-state index contributed by atoms with van der Waals surface area (Å²) in [6.07, 6.45) is -1.69. The lowest BCUT2D eigenvalue weighted by Gasteiger charge is -2.33. The molecule has 3 unspecified atom stereocenters. The summed E-state index contributed by atoms with van der Waals surface area (Å²) in [5.41, 5.74) is 1.28. The highest BCUT2D eigenvalue weighted by Crippen LogP contribution is 2.31. The first-order valence-electron chi connectivity index (χ1n) is 12.3. The van der Waals surface area contributed by atoms with Crippen molar-refractivity contribution >= 4 is 12.0 Å². The van der Waals surface area contributed by atoms with E-state index in [0.29, 0.717) is 6.42 Å². The predicted octanol–water partition coefficient (Wildman–Crippen LogP) is 4.03. The van der Waals surface area contributed by atoms with Gasteiger partial charge in [-0.15, -0.1) is 0 Å². The second-order valence-corrected chi connectivity index (χ2v) is 10.6. The van der Waals surface area contributed by atoms with Gasteiger partial charge in [-0.2, -0.15) is 0 Å². The van der Waals surface area contributed by atoms with Crippen molar-refractivity contribution < 1.29 is 19.4 Å². The molecule has 3 N–H and O–H groups in total. The molecule has 0 spiro atoms. The summed E-state index contributed by atoms with van der Waals surface area (Å²) in [7, 11) is 0. The number of amides is 2. The van der Waals surface area contributed by atoms with Crippen LogP contribution >= 0.6 is 0 Å². The lowest BCUT2D eigenvalue weighted by Crippen LogP contribution is -2.55. The molecule has 35 heavy (non-hydrogen) atoms. The van der Waals surface area contributed by atoms with Gasteiger partial charge in [0.2, 0.25) is 5.91 Å². The molecule has 1 saturated heterocycles. The van der Waals surface area contributed by atoms with Crippen LogP contribution in [0.4, 0.5) is 4.79 Å². The molecule has 190 valence electrons. The first kappa shape index (κ1) is 26.7. The molecule has 0 aromatic heterocycles. The number of aliphatic hydroxyl groups is 1. The smallest absolute Gasteiger partial charge is 0.407 e. The highest BCUT2D eigenvalue weighted by Gasteiger charge is 2.47. The van der Waals surface area contributed by atoms with E-state index in [1.54, 1.807) is 20.8 Å². The van der Waals surface area contributed by atoms with Gasteiger partial charge in [0.05, 0.1) is 24.4 Å². The van der Waals surface area contributed by atoms with Gasteiger partial charge in [0.15, 0.2) is 0 Å². The molecule has 1 heterocycles. The van der Waals surface area contributed by atoms with Gasteiger partial charge in [0.1, 0.15) is 11.6 Å². The fourth-order valence-electron chi connectivity index (χ4n) is 4.53. The third-order valence-electron chi connectivity index (χ3n) is 6.26. The molecule has 5 atom stereocenters. The van der Waals surface area contributed by atoms with Gasteiger partial charge < -0.3 is 20.1 Å². The average Bonchev–Trinajstić information content (AvgIpc) is 3.15. The van der Waals surface area contributed by atoms with E-state index in [1.807, 2.05) is 86.3 Å². The van der Waals surface area contributed by atoms with Crippen molar-refractivity contribution in [1.29, 1.82) is 0 Å². The van der Waals surface area contributed by atoms with Crippen LogP contribution in [0.1, 0.15) is 58.7 Å². The monoisotopic (exact) mass is 481 g/mol. The predicted molar refractivity (Wildman–Crippen MR) is 137 cm³/mol. The molecule has 2 amide bonds. The molecule has 7 nitrogen and oxygen atoms in total. The zero-order valence-electron chi connectivity index (χ0n) is 21.6. The Balaban J connectivity index is 1.86. The largest absolute Gasteiger partial charge is 0.444 e. The van der Waals surface area contributed by atoms with Gasteiger partial charge in [-0.05, 0) is 51.2 Å². The molecular formula is C28H39N3O4. The minimum absolute atomic E-state index is 0.119. The molecule has 1 aliphatic heterocycles. The second kappa shape index (κ2) is 11.2. The number of aliphatic hydroxyl groups excluding tert-OH is 1. The van der Waals surface area contributed by atoms with Crippen LogP contribution in [-0.2, 0) is 16.0 Å². The fourth-order valence-corrected chi connectivity index (χ4v) is 4.53. The van der Waals surface area contributed by atoms with Crippen LogP contribution in [0, 0.1) is 5.92 Å². The van der Waals surface area contributed by atoms with Crippen LogP contribution in [0.15, 0.2) is 60.7 Å². The number of hydrogen-bond acceptors (Lipinski definition) is 5. The Bertz CT molecular complexity index is 975. The van der Waals surface area contributed by atoms with Gasteiger partial charge in [-0.3, -0.25) is 10.1 Å². The van der Waals surface area contributed by atoms with Gasteiger partial charge in [-0.1, -0.05) is 74.5 Å². The van der Waals surface area contributed by atoms with E-state index in [9.17, 15) is 14.7 Å². The van der Waals surface area contributed by atoms with Crippen molar-refractivity contribution in [2.75, 3.05) is 0 Å². The Morgan fingerprint density at radius 3 is 2.17 bits per heavy atom. The summed E-state index contributed by atoms with van der Waals surface area (Å²) in [6.45, 7) is 11.4. The molecule has 0 bridgehead atoms. The fraction of sp³-hybridized carbons (Fsp3) is 0.500. The van der Waals surface area contributed by atoms with E-state index in [2.05, 4.69) is 10.6 Å². The Kier molecular flexibility index (Phi) is 8.56. The molecule has 2 aromatic rings. The first-order valence-corrected chi connectivity index (χ1v) is 12.3. The maximum Gasteiger partial charge on any atom is 0.407 e. The Morgan fingerprint density at radius 2 is 1.63 bits per heavy atom. The average molecular weight is 482 g/mol. The lowest BCUT2D eigenvalue weighted by molar-refractivity contribution is -0.134. The zero-order valence-corrected chi connectivity index (χ0v) is 21.6. The maximum absolute atomic E-state index is 13.7. The zero-order chi connectivity index (χ0) is 25.8. The molecule has 0 radical (unpaired) electrons. The van der Waals surface area contributed by atoms with Crippen molar-refractivity contribution in [1.82, 2.24) is 15.5 Å². The minimum atomic E-state index is -1.16. The molecule has 1 aliphatic rings. The van der Waals surface area contributed by atoms with E-state index in [1.165, 1.54) is 0 Å². The third-order valence-corrected chi connectivity index (χ3v) is 6.26. The molecule has 7 heteroatoms. The second-order valence-electron chi connectivity index (χ2n) is 10.6. The molecule has 2 aromatic carbocycles. The van der Waals surface area contributed by atoms with E-state index in [4.69, 9.17) is 4.74 Å². The molecular weight excluding hydrogens is 442 g/mol. The quantitative estimate of drug-likeness (QED) is 0.530. The van der Waals surface area contributed by atoms with Crippen LogP contribution in [0.25, 0.3) is 0 Å². The highest BCUT2D eigenvalue weighted by molar-refractivity contribution is 5.85. The van der Waals surface area contributed by atoms with Crippen LogP contribution in [0.2, 0.25) is 0 Å². The summed E-state index contributed by atoms with van der Waals surface area (Å²) in [5.74, 6) is -0.0645. The Morgan fingerprint density at radius 1 is 1.06 bits per heavy atom. The summed E-state index contributed by atoms with van der Waals surface area (Å²) < 4.78 is 5.45. The van der Waals surface area contributed by atoms with Crippen LogP contribution in [0.5, 0.6) is 0 Å². The Hall–Kier alpha value is -2.90. The molecule has 1 fully saturated rings. The van der Waals surface area contributed by atoms with Gasteiger partial charge in [0, 0.05) is 0 Å². The van der Waals surface area contributed by atoms with Gasteiger partial charge in [0.25, 0.3) is 0 Å². The molecule has 0 aliphatic carbocycles. The van der Waals surface area contributed by atoms with Crippen molar-refractivity contribution in [2.45, 2.75) is 84.0 Å². The Labute approximate surface area is 208 Å².